The highest BCUT2D eigenvalue weighted by Gasteiger charge is 2.32. The second kappa shape index (κ2) is 40.5. The predicted octanol–water partition coefficient (Wildman–Crippen LogP) is 19.2. The van der Waals surface area contributed by atoms with E-state index in [-0.39, 0.29) is 26.9 Å². The summed E-state index contributed by atoms with van der Waals surface area (Å²) >= 11 is 8.97. The van der Waals surface area contributed by atoms with Crippen molar-refractivity contribution in [3.05, 3.63) is 297 Å². The quantitative estimate of drug-likeness (QED) is 0.0780. The molecular formula is C100H88Br2IN13O13S3. The lowest BCUT2D eigenvalue weighted by molar-refractivity contribution is 0.0252. The lowest BCUT2D eigenvalue weighted by atomic mass is 10.0. The Bertz CT molecular complexity index is 7360. The number of halogens is 3. The van der Waals surface area contributed by atoms with Crippen molar-refractivity contribution < 1.29 is 58.4 Å². The molecule has 13 heterocycles. The Labute approximate surface area is 794 Å². The first-order valence-electron chi connectivity index (χ1n) is 43.1. The fourth-order valence-corrected chi connectivity index (χ4v) is 23.3. The summed E-state index contributed by atoms with van der Waals surface area (Å²) in [5, 5.41) is 23.1. The number of pyridine rings is 4. The smallest absolute Gasteiger partial charge is 0.270 e. The van der Waals surface area contributed by atoms with Crippen molar-refractivity contribution in [2.75, 3.05) is 120 Å². The van der Waals surface area contributed by atoms with Gasteiger partial charge in [0.25, 0.3) is 30.1 Å². The van der Waals surface area contributed by atoms with Gasteiger partial charge in [0.1, 0.15) is 41.5 Å². The molecule has 32 heteroatoms. The van der Waals surface area contributed by atoms with Crippen LogP contribution in [0.4, 0.5) is 17.1 Å². The Balaban J connectivity index is 0.000000122. The molecule has 21 rings (SSSR count). The second-order valence-electron chi connectivity index (χ2n) is 31.7. The number of H-pyrrole nitrogens is 1. The highest BCUT2D eigenvalue weighted by molar-refractivity contribution is 14.1. The Morgan fingerprint density at radius 3 is 1.17 bits per heavy atom. The molecule has 0 aliphatic carbocycles. The van der Waals surface area contributed by atoms with Crippen LogP contribution in [-0.2, 0) is 53.8 Å². The number of hydrogen-bond donors (Lipinski definition) is 1. The van der Waals surface area contributed by atoms with Gasteiger partial charge in [-0.15, -0.1) is 0 Å². The molecule has 0 spiro atoms. The van der Waals surface area contributed by atoms with E-state index in [1.807, 2.05) is 132 Å². The molecule has 0 unspecified atom stereocenters. The lowest BCUT2D eigenvalue weighted by Gasteiger charge is -2.29. The van der Waals surface area contributed by atoms with Gasteiger partial charge >= 0.3 is 0 Å². The van der Waals surface area contributed by atoms with E-state index in [4.69, 9.17) is 33.2 Å². The molecule has 0 amide bonds. The van der Waals surface area contributed by atoms with E-state index >= 15 is 0 Å². The SMILES string of the molecule is N#Cc1cc(-c2ccnc3[nH]c(-c4cccc(N5CCOCC5)c4)cc23)ccc1OC1CCOCC1.N#Cc1cc(-c2ccnc3c2cc(-c2cccc(N4CCOCC4)c2)n3S(=O)(=O)c2ccccc2)ccc1OC1CCOCC1.O=S(=O)(c1ccccc1)n1c(-c2cccc(N3CCOCC3)c2)cc2c(Br)ccnc21.O=S(=O)(c1ccccc1)n1c(I)cc2c(Br)ccnc21. The summed E-state index contributed by atoms with van der Waals surface area (Å²) in [6, 6.07) is 80.8. The van der Waals surface area contributed by atoms with Crippen molar-refractivity contribution in [1.82, 2.24) is 36.8 Å². The van der Waals surface area contributed by atoms with Crippen molar-refractivity contribution in [3.63, 3.8) is 0 Å². The molecule has 132 heavy (non-hydrogen) atoms. The van der Waals surface area contributed by atoms with Gasteiger partial charge in [-0.2, -0.15) is 10.5 Å². The zero-order chi connectivity index (χ0) is 90.9. The number of nitrogens with one attached hydrogen (secondary N) is 1. The number of anilines is 3. The van der Waals surface area contributed by atoms with E-state index in [2.05, 4.69) is 114 Å². The van der Waals surface area contributed by atoms with Gasteiger partial charge in [-0.1, -0.05) is 103 Å². The number of ether oxygens (including phenoxy) is 7. The lowest BCUT2D eigenvalue weighted by Crippen LogP contribution is -2.36. The fraction of sp³-hybridized carbons (Fsp3) is 0.220. The number of fused-ring (bicyclic) bond motifs is 4. The Kier molecular flexibility index (Phi) is 27.7. The number of hydrogen-bond acceptors (Lipinski definition) is 22. The van der Waals surface area contributed by atoms with Crippen LogP contribution in [0.15, 0.2) is 297 Å². The Morgan fingerprint density at radius 2 is 0.727 bits per heavy atom. The van der Waals surface area contributed by atoms with Crippen LogP contribution in [0.25, 0.3) is 100 Å². The van der Waals surface area contributed by atoms with Crippen LogP contribution in [-0.4, -0.2) is 180 Å². The van der Waals surface area contributed by atoms with Gasteiger partial charge in [0.05, 0.1) is 107 Å². The number of aromatic nitrogens is 8. The van der Waals surface area contributed by atoms with Gasteiger partial charge in [-0.3, -0.25) is 0 Å². The molecule has 26 nitrogen and oxygen atoms in total. The van der Waals surface area contributed by atoms with Crippen LogP contribution >= 0.6 is 54.5 Å². The maximum Gasteiger partial charge on any atom is 0.270 e. The van der Waals surface area contributed by atoms with Crippen LogP contribution in [0.1, 0.15) is 36.8 Å². The summed E-state index contributed by atoms with van der Waals surface area (Å²) in [7, 11) is -11.5. The van der Waals surface area contributed by atoms with Gasteiger partial charge < -0.3 is 52.8 Å². The molecule has 5 aliphatic rings. The molecule has 0 atom stereocenters. The highest BCUT2D eigenvalue weighted by atomic mass is 127. The van der Waals surface area contributed by atoms with E-state index in [0.717, 1.165) is 165 Å². The second-order valence-corrected chi connectivity index (χ2v) is 39.9. The van der Waals surface area contributed by atoms with E-state index in [1.165, 1.54) is 17.6 Å². The zero-order valence-corrected chi connectivity index (χ0v) is 79.1. The number of aromatic amines is 1. The number of rotatable bonds is 18. The molecule has 0 radical (unpaired) electrons. The van der Waals surface area contributed by atoms with E-state index < -0.39 is 30.1 Å². The summed E-state index contributed by atoms with van der Waals surface area (Å²) in [6.45, 7) is 11.8. The maximum atomic E-state index is 14.3. The largest absolute Gasteiger partial charge is 0.489 e. The fourth-order valence-electron chi connectivity index (χ4n) is 16.8. The monoisotopic (exact) mass is 2060 g/mol. The molecule has 8 aromatic carbocycles. The van der Waals surface area contributed by atoms with Crippen LogP contribution in [0, 0.1) is 26.4 Å². The van der Waals surface area contributed by atoms with Gasteiger partial charge in [-0.25, -0.2) is 57.1 Å². The molecule has 5 aliphatic heterocycles. The van der Waals surface area contributed by atoms with Crippen molar-refractivity contribution >= 4 is 146 Å². The number of nitriles is 2. The van der Waals surface area contributed by atoms with E-state index in [0.29, 0.717) is 113 Å². The van der Waals surface area contributed by atoms with Gasteiger partial charge in [0, 0.05) is 160 Å². The van der Waals surface area contributed by atoms with Crippen LogP contribution in [0.2, 0.25) is 0 Å². The first-order chi connectivity index (χ1) is 64.4. The van der Waals surface area contributed by atoms with Crippen molar-refractivity contribution in [2.45, 2.75) is 52.6 Å². The number of nitrogens with zero attached hydrogens (tertiary/aromatic N) is 12. The Morgan fingerprint density at radius 1 is 0.364 bits per heavy atom. The van der Waals surface area contributed by atoms with Gasteiger partial charge in [0.2, 0.25) is 0 Å². The van der Waals surface area contributed by atoms with Crippen molar-refractivity contribution in [3.8, 4) is 79.7 Å². The molecule has 0 saturated carbocycles. The van der Waals surface area contributed by atoms with Crippen LogP contribution in [0.5, 0.6) is 11.5 Å². The normalized spacial score (nSPS) is 15.3. The van der Waals surface area contributed by atoms with E-state index in [1.54, 1.807) is 134 Å². The van der Waals surface area contributed by atoms with Crippen molar-refractivity contribution in [2.24, 2.45) is 0 Å². The highest BCUT2D eigenvalue weighted by Crippen LogP contribution is 2.43. The van der Waals surface area contributed by atoms with Crippen LogP contribution in [0.3, 0.4) is 0 Å². The topological polar surface area (TPSA) is 306 Å². The van der Waals surface area contributed by atoms with Crippen molar-refractivity contribution in [1.29, 1.82) is 10.5 Å². The minimum atomic E-state index is -4.04. The maximum absolute atomic E-state index is 14.3. The van der Waals surface area contributed by atoms with E-state index in [9.17, 15) is 35.8 Å². The molecule has 16 aromatic rings. The average molecular weight is 2060 g/mol. The first-order valence-corrected chi connectivity index (χ1v) is 50.1. The summed E-state index contributed by atoms with van der Waals surface area (Å²) in [4.78, 5) is 28.8. The molecule has 1 N–H and O–H groups in total. The van der Waals surface area contributed by atoms with Gasteiger partial charge in [0.15, 0.2) is 16.9 Å². The minimum Gasteiger partial charge on any atom is -0.489 e. The number of benzene rings is 8. The molecule has 5 saturated heterocycles. The predicted molar refractivity (Wildman–Crippen MR) is 525 cm³/mol. The molecule has 5 fully saturated rings. The summed E-state index contributed by atoms with van der Waals surface area (Å²) in [6.07, 6.45) is 9.93. The first kappa shape index (κ1) is 90.4. The summed E-state index contributed by atoms with van der Waals surface area (Å²) in [5.41, 5.74) is 14.4. The zero-order valence-electron chi connectivity index (χ0n) is 71.3. The molecule has 670 valence electrons. The number of morpholine rings is 3. The average Bonchev–Trinajstić information content (AvgIpc) is 1.58. The third-order valence-electron chi connectivity index (χ3n) is 23.5. The Hall–Kier alpha value is -12.2. The minimum absolute atomic E-state index is 0.00246. The summed E-state index contributed by atoms with van der Waals surface area (Å²) < 4.78 is 127. The third kappa shape index (κ3) is 19.4. The standard InChI is InChI=1S/C35H32N4O5S.C29H28N4O3.C23H20BrN3O3S.C13H8BrIN2O2S/c36-24-27-21-25(9-10-34(27)44-29-12-17-42-18-13-29)31-11-14-37-35-32(31)23-33(39(35)45(40,41)30-7-2-1-3-8-30)26-5-4-6-28(22-26)38-15-19-43-20-16-38;30-19-22-16-20(4-5-28(22)36-24-7-12-34-13-8-24)25-6-9-31-29-26(25)18-27(32-29)21-2-1-3-23(17-21)33-10-14-35-15-11-33;24-21-9-10-25-23-20(21)16-22(27(23)31(28,29)19-7-2-1-3-8-19)17-5-4-6-18(15-17)26-11-13-30-14-12-26;14-11-6-7-16-13-10(11)8-12(15)17(13)20(18,19)9-4-2-1-3-5-9/h1-11,14,21-23,29H,12-13,15-20H2;1-6,9,16-18,24H,7-8,10-15H2,(H,31,32);1-10,15-16H,11-14H2;1-8H. The molecular weight excluding hydrogens is 1970 g/mol. The molecule has 0 bridgehead atoms. The molecule has 8 aromatic heterocycles. The third-order valence-corrected chi connectivity index (χ3v) is 31.2. The van der Waals surface area contributed by atoms with Gasteiger partial charge in [-0.05, 0) is 222 Å². The van der Waals surface area contributed by atoms with Crippen LogP contribution < -0.4 is 24.2 Å². The summed E-state index contributed by atoms with van der Waals surface area (Å²) in [5.74, 6) is 1.16.